The van der Waals surface area contributed by atoms with E-state index in [4.69, 9.17) is 11.5 Å². The minimum atomic E-state index is -0.412. The fourth-order valence-corrected chi connectivity index (χ4v) is 1.58. The van der Waals surface area contributed by atoms with Gasteiger partial charge in [0.2, 0.25) is 0 Å². The zero-order valence-corrected chi connectivity index (χ0v) is 7.93. The summed E-state index contributed by atoms with van der Waals surface area (Å²) >= 11 is 1.66. The van der Waals surface area contributed by atoms with E-state index >= 15 is 0 Å². The Morgan fingerprint density at radius 3 is 3.00 bits per heavy atom. The summed E-state index contributed by atoms with van der Waals surface area (Å²) in [5.41, 5.74) is 11.3. The van der Waals surface area contributed by atoms with Crippen LogP contribution in [0.5, 0.6) is 0 Å². The molecule has 6 heteroatoms. The summed E-state index contributed by atoms with van der Waals surface area (Å²) in [5.74, 6) is 2.00. The lowest BCUT2D eigenvalue weighted by Crippen LogP contribution is -2.13. The number of hydrogen-bond donors (Lipinski definition) is 3. The summed E-state index contributed by atoms with van der Waals surface area (Å²) in [6.45, 7) is 0.640. The highest BCUT2D eigenvalue weighted by Gasteiger charge is 1.99. The van der Waals surface area contributed by atoms with Crippen molar-refractivity contribution in [1.82, 2.24) is 9.97 Å². The number of rotatable bonds is 4. The van der Waals surface area contributed by atoms with Crippen molar-refractivity contribution in [3.8, 4) is 0 Å². The van der Waals surface area contributed by atoms with Crippen LogP contribution in [0.4, 0.5) is 5.82 Å². The molecule has 1 heterocycles. The molecule has 0 radical (unpaired) electrons. The molecule has 1 aromatic rings. The normalized spacial score (nSPS) is 10.2. The molecule has 0 atom stereocenters. The third-order valence-electron chi connectivity index (χ3n) is 1.44. The maximum atomic E-state index is 10.7. The quantitative estimate of drug-likeness (QED) is 0.571. The van der Waals surface area contributed by atoms with Crippen molar-refractivity contribution in [2.75, 3.05) is 18.0 Å². The first-order valence-electron chi connectivity index (χ1n) is 3.85. The Kier molecular flexibility index (Phi) is 3.78. The first kappa shape index (κ1) is 10.1. The van der Waals surface area contributed by atoms with Crippen LogP contribution in [-0.4, -0.2) is 22.3 Å². The smallest absolute Gasteiger partial charge is 0.346 e. The molecule has 0 aliphatic heterocycles. The molecule has 0 saturated carbocycles. The zero-order valence-electron chi connectivity index (χ0n) is 7.12. The van der Waals surface area contributed by atoms with Crippen molar-refractivity contribution in [3.05, 3.63) is 22.2 Å². The number of aromatic amines is 1. The van der Waals surface area contributed by atoms with Crippen LogP contribution < -0.4 is 17.2 Å². The fourth-order valence-electron chi connectivity index (χ4n) is 0.814. The standard InChI is InChI=1S/C7H12N4OS/c8-1-2-13-4-5-3-10-7(12)11-6(5)9/h3H,1-2,4,8H2,(H3,9,10,11,12). The van der Waals surface area contributed by atoms with Gasteiger partial charge in [-0.2, -0.15) is 11.8 Å². The van der Waals surface area contributed by atoms with Crippen LogP contribution in [0.1, 0.15) is 5.56 Å². The lowest BCUT2D eigenvalue weighted by molar-refractivity contribution is 1.05. The lowest BCUT2D eigenvalue weighted by Gasteiger charge is -2.02. The third kappa shape index (κ3) is 3.08. The average molecular weight is 200 g/mol. The van der Waals surface area contributed by atoms with Gasteiger partial charge in [0.05, 0.1) is 0 Å². The molecule has 0 unspecified atom stereocenters. The second-order valence-corrected chi connectivity index (χ2v) is 3.57. The maximum absolute atomic E-state index is 10.7. The molecule has 0 spiro atoms. The van der Waals surface area contributed by atoms with E-state index in [2.05, 4.69) is 9.97 Å². The Morgan fingerprint density at radius 1 is 1.62 bits per heavy atom. The van der Waals surface area contributed by atoms with E-state index in [0.717, 1.165) is 17.1 Å². The molecular formula is C7H12N4OS. The molecule has 5 N–H and O–H groups in total. The first-order chi connectivity index (χ1) is 6.24. The SMILES string of the molecule is NCCSCc1cnc(=O)[nH]c1N. The highest BCUT2D eigenvalue weighted by molar-refractivity contribution is 7.98. The molecule has 0 aliphatic carbocycles. The Labute approximate surface area is 79.9 Å². The Balaban J connectivity index is 2.61. The number of nitrogen functional groups attached to an aromatic ring is 1. The van der Waals surface area contributed by atoms with Crippen LogP contribution in [0.3, 0.4) is 0 Å². The van der Waals surface area contributed by atoms with Gasteiger partial charge in [0.15, 0.2) is 0 Å². The van der Waals surface area contributed by atoms with E-state index in [1.54, 1.807) is 11.8 Å². The van der Waals surface area contributed by atoms with Crippen molar-refractivity contribution in [2.45, 2.75) is 5.75 Å². The summed E-state index contributed by atoms with van der Waals surface area (Å²) in [7, 11) is 0. The number of aromatic nitrogens is 2. The van der Waals surface area contributed by atoms with Crippen LogP contribution in [0.25, 0.3) is 0 Å². The van der Waals surface area contributed by atoms with Crippen LogP contribution in [0, 0.1) is 0 Å². The highest BCUT2D eigenvalue weighted by atomic mass is 32.2. The summed E-state index contributed by atoms with van der Waals surface area (Å²) in [4.78, 5) is 16.7. The van der Waals surface area contributed by atoms with Crippen LogP contribution in [0.15, 0.2) is 11.0 Å². The molecule has 0 amide bonds. The molecule has 0 aromatic carbocycles. The van der Waals surface area contributed by atoms with Crippen LogP contribution >= 0.6 is 11.8 Å². The predicted octanol–water partition coefficient (Wildman–Crippen LogP) is -0.456. The van der Waals surface area contributed by atoms with Crippen molar-refractivity contribution in [1.29, 1.82) is 0 Å². The molecule has 0 saturated heterocycles. The molecule has 1 aromatic heterocycles. The summed E-state index contributed by atoms with van der Waals surface area (Å²) in [6.07, 6.45) is 1.50. The fraction of sp³-hybridized carbons (Fsp3) is 0.429. The third-order valence-corrected chi connectivity index (χ3v) is 2.48. The number of anilines is 1. The molecule has 0 bridgehead atoms. The van der Waals surface area contributed by atoms with Gasteiger partial charge in [-0.15, -0.1) is 0 Å². The monoisotopic (exact) mass is 200 g/mol. The number of thioether (sulfide) groups is 1. The number of nitrogens with one attached hydrogen (secondary N) is 1. The van der Waals surface area contributed by atoms with E-state index in [-0.39, 0.29) is 0 Å². The number of hydrogen-bond acceptors (Lipinski definition) is 5. The van der Waals surface area contributed by atoms with Gasteiger partial charge in [0.1, 0.15) is 5.82 Å². The second kappa shape index (κ2) is 4.88. The van der Waals surface area contributed by atoms with Crippen LogP contribution in [0.2, 0.25) is 0 Å². The second-order valence-electron chi connectivity index (χ2n) is 2.47. The number of nitrogens with zero attached hydrogens (tertiary/aromatic N) is 1. The average Bonchev–Trinajstić information content (AvgIpc) is 2.09. The zero-order chi connectivity index (χ0) is 9.68. The molecule has 5 nitrogen and oxygen atoms in total. The van der Waals surface area contributed by atoms with Crippen molar-refractivity contribution >= 4 is 17.6 Å². The van der Waals surface area contributed by atoms with E-state index in [9.17, 15) is 4.79 Å². The summed E-state index contributed by atoms with van der Waals surface area (Å²) < 4.78 is 0. The van der Waals surface area contributed by atoms with Gasteiger partial charge in [-0.25, -0.2) is 9.78 Å². The van der Waals surface area contributed by atoms with Gasteiger partial charge < -0.3 is 11.5 Å². The highest BCUT2D eigenvalue weighted by Crippen LogP contribution is 2.13. The summed E-state index contributed by atoms with van der Waals surface area (Å²) in [5, 5.41) is 0. The van der Waals surface area contributed by atoms with Crippen molar-refractivity contribution in [3.63, 3.8) is 0 Å². The van der Waals surface area contributed by atoms with Gasteiger partial charge in [0, 0.05) is 29.8 Å². The minimum absolute atomic E-state index is 0.393. The molecule has 0 aliphatic rings. The Morgan fingerprint density at radius 2 is 2.38 bits per heavy atom. The maximum Gasteiger partial charge on any atom is 0.346 e. The van der Waals surface area contributed by atoms with E-state index in [1.807, 2.05) is 0 Å². The Hall–Kier alpha value is -1.01. The van der Waals surface area contributed by atoms with Crippen LogP contribution in [-0.2, 0) is 5.75 Å². The van der Waals surface area contributed by atoms with Gasteiger partial charge in [-0.1, -0.05) is 0 Å². The van der Waals surface area contributed by atoms with Gasteiger partial charge in [0.25, 0.3) is 0 Å². The first-order valence-corrected chi connectivity index (χ1v) is 5.01. The topological polar surface area (TPSA) is 97.8 Å². The van der Waals surface area contributed by atoms with Crippen molar-refractivity contribution < 1.29 is 0 Å². The molecule has 1 rings (SSSR count). The van der Waals surface area contributed by atoms with E-state index in [0.29, 0.717) is 12.4 Å². The van der Waals surface area contributed by atoms with Gasteiger partial charge in [-0.3, -0.25) is 4.98 Å². The van der Waals surface area contributed by atoms with Crippen molar-refractivity contribution in [2.24, 2.45) is 5.73 Å². The lowest BCUT2D eigenvalue weighted by atomic mass is 10.3. The number of nitrogens with two attached hydrogens (primary N) is 2. The molecule has 0 fully saturated rings. The summed E-state index contributed by atoms with van der Waals surface area (Å²) in [6, 6.07) is 0. The van der Waals surface area contributed by atoms with Gasteiger partial charge >= 0.3 is 5.69 Å². The largest absolute Gasteiger partial charge is 0.385 e. The Bertz CT molecular complexity index is 325. The minimum Gasteiger partial charge on any atom is -0.385 e. The van der Waals surface area contributed by atoms with Gasteiger partial charge in [-0.05, 0) is 0 Å². The van der Waals surface area contributed by atoms with E-state index < -0.39 is 5.69 Å². The predicted molar refractivity (Wildman–Crippen MR) is 54.5 cm³/mol. The molecule has 72 valence electrons. The number of H-pyrrole nitrogens is 1. The van der Waals surface area contributed by atoms with E-state index in [1.165, 1.54) is 6.20 Å². The molecule has 13 heavy (non-hydrogen) atoms. The molecular weight excluding hydrogens is 188 g/mol.